The number of para-hydroxylation sites is 1. The summed E-state index contributed by atoms with van der Waals surface area (Å²) < 4.78 is 7.30. The van der Waals surface area contributed by atoms with E-state index in [0.29, 0.717) is 0 Å². The number of rotatable bonds is 5. The molecule has 2 aromatic carbocycles. The van der Waals surface area contributed by atoms with E-state index < -0.39 is 0 Å². The minimum atomic E-state index is 0.113. The number of nitrogens with zero attached hydrogens (tertiary/aromatic N) is 2. The molecule has 0 unspecified atom stereocenters. The molecular formula is C22H24N2O2S2. The lowest BCUT2D eigenvalue weighted by Crippen LogP contribution is -2.41. The Morgan fingerprint density at radius 1 is 1.21 bits per heavy atom. The van der Waals surface area contributed by atoms with Crippen LogP contribution in [0.1, 0.15) is 35.7 Å². The van der Waals surface area contributed by atoms with Crippen LogP contribution in [0.3, 0.4) is 0 Å². The van der Waals surface area contributed by atoms with Gasteiger partial charge in [-0.1, -0.05) is 30.4 Å². The lowest BCUT2D eigenvalue weighted by atomic mass is 10.1. The van der Waals surface area contributed by atoms with Crippen molar-refractivity contribution in [2.75, 3.05) is 18.8 Å². The number of aryl methyl sites for hydroxylation is 1. The molecule has 146 valence electrons. The van der Waals surface area contributed by atoms with Crippen molar-refractivity contribution >= 4 is 39.2 Å². The largest absolute Gasteiger partial charge is 0.467 e. The van der Waals surface area contributed by atoms with Crippen molar-refractivity contribution in [3.8, 4) is 5.19 Å². The van der Waals surface area contributed by atoms with Gasteiger partial charge in [0.15, 0.2) is 0 Å². The monoisotopic (exact) mass is 412 g/mol. The molecule has 0 aliphatic carbocycles. The topological polar surface area (TPSA) is 42.4 Å². The van der Waals surface area contributed by atoms with Crippen LogP contribution in [-0.4, -0.2) is 40.7 Å². The summed E-state index contributed by atoms with van der Waals surface area (Å²) in [4.78, 5) is 20.5. The fourth-order valence-electron chi connectivity index (χ4n) is 3.48. The Morgan fingerprint density at radius 2 is 1.96 bits per heavy atom. The summed E-state index contributed by atoms with van der Waals surface area (Å²) >= 11 is 3.39. The minimum Gasteiger partial charge on any atom is -0.467 e. The van der Waals surface area contributed by atoms with E-state index in [9.17, 15) is 4.79 Å². The quantitative estimate of drug-likeness (QED) is 0.526. The second-order valence-electron chi connectivity index (χ2n) is 6.97. The van der Waals surface area contributed by atoms with Crippen LogP contribution in [0, 0.1) is 6.92 Å². The zero-order valence-corrected chi connectivity index (χ0v) is 17.8. The third kappa shape index (κ3) is 4.18. The normalized spacial score (nSPS) is 15.1. The van der Waals surface area contributed by atoms with Gasteiger partial charge in [-0.25, -0.2) is 4.98 Å². The van der Waals surface area contributed by atoms with Gasteiger partial charge in [0.2, 0.25) is 0 Å². The molecule has 28 heavy (non-hydrogen) atoms. The lowest BCUT2D eigenvalue weighted by molar-refractivity contribution is 0.0595. The van der Waals surface area contributed by atoms with Crippen molar-refractivity contribution in [1.29, 1.82) is 0 Å². The van der Waals surface area contributed by atoms with Gasteiger partial charge < -0.3 is 9.64 Å². The van der Waals surface area contributed by atoms with Crippen molar-refractivity contribution in [1.82, 2.24) is 9.88 Å². The smallest absolute Gasteiger partial charge is 0.274 e. The molecule has 1 amide bonds. The van der Waals surface area contributed by atoms with Gasteiger partial charge in [0.05, 0.1) is 10.2 Å². The Kier molecular flexibility index (Phi) is 5.87. The highest BCUT2D eigenvalue weighted by atomic mass is 32.2. The zero-order chi connectivity index (χ0) is 19.5. The SMILES string of the molecule is CCSc1ccc(C(=O)N2CCC(Oc3nc4c(C)cccc4s3)CC2)cc1. The molecule has 1 saturated heterocycles. The fourth-order valence-corrected chi connectivity index (χ4v) is 5.10. The van der Waals surface area contributed by atoms with E-state index in [4.69, 9.17) is 4.74 Å². The van der Waals surface area contributed by atoms with Gasteiger partial charge in [0.1, 0.15) is 6.10 Å². The third-order valence-electron chi connectivity index (χ3n) is 5.01. The van der Waals surface area contributed by atoms with Crippen LogP contribution in [0.2, 0.25) is 0 Å². The van der Waals surface area contributed by atoms with Crippen LogP contribution < -0.4 is 4.74 Å². The average Bonchev–Trinajstić information content (AvgIpc) is 3.13. The summed E-state index contributed by atoms with van der Waals surface area (Å²) in [7, 11) is 0. The summed E-state index contributed by atoms with van der Waals surface area (Å²) in [5, 5.41) is 0.734. The van der Waals surface area contributed by atoms with Crippen molar-refractivity contribution in [2.45, 2.75) is 37.7 Å². The number of thiazole rings is 1. The van der Waals surface area contributed by atoms with Gasteiger partial charge in [0.25, 0.3) is 11.1 Å². The number of aromatic nitrogens is 1. The molecule has 2 heterocycles. The van der Waals surface area contributed by atoms with Gasteiger partial charge in [0, 0.05) is 36.4 Å². The maximum Gasteiger partial charge on any atom is 0.274 e. The fraction of sp³-hybridized carbons (Fsp3) is 0.364. The summed E-state index contributed by atoms with van der Waals surface area (Å²) in [6.45, 7) is 5.65. The maximum atomic E-state index is 12.8. The molecule has 4 rings (SSSR count). The maximum absolute atomic E-state index is 12.8. The molecule has 1 fully saturated rings. The number of hydrogen-bond donors (Lipinski definition) is 0. The second-order valence-corrected chi connectivity index (χ2v) is 9.30. The highest BCUT2D eigenvalue weighted by Gasteiger charge is 2.25. The van der Waals surface area contributed by atoms with Gasteiger partial charge >= 0.3 is 0 Å². The first-order chi connectivity index (χ1) is 13.6. The number of likely N-dealkylation sites (tertiary alicyclic amines) is 1. The van der Waals surface area contributed by atoms with Crippen molar-refractivity contribution < 1.29 is 9.53 Å². The second kappa shape index (κ2) is 8.53. The number of carbonyl (C=O) groups is 1. The molecule has 0 atom stereocenters. The zero-order valence-electron chi connectivity index (χ0n) is 16.2. The van der Waals surface area contributed by atoms with Crippen molar-refractivity contribution in [3.05, 3.63) is 53.6 Å². The van der Waals surface area contributed by atoms with Crippen LogP contribution >= 0.6 is 23.1 Å². The molecule has 1 aromatic heterocycles. The van der Waals surface area contributed by atoms with Crippen molar-refractivity contribution in [2.24, 2.45) is 0 Å². The Labute approximate surface area is 173 Å². The van der Waals surface area contributed by atoms with Gasteiger partial charge in [-0.3, -0.25) is 4.79 Å². The van der Waals surface area contributed by atoms with E-state index in [0.717, 1.165) is 52.7 Å². The summed E-state index contributed by atoms with van der Waals surface area (Å²) in [6.07, 6.45) is 1.79. The minimum absolute atomic E-state index is 0.113. The average molecular weight is 413 g/mol. The van der Waals surface area contributed by atoms with E-state index in [1.165, 1.54) is 10.5 Å². The van der Waals surface area contributed by atoms with Gasteiger partial charge in [-0.15, -0.1) is 11.8 Å². The van der Waals surface area contributed by atoms with Crippen LogP contribution in [0.15, 0.2) is 47.4 Å². The summed E-state index contributed by atoms with van der Waals surface area (Å²) in [6, 6.07) is 14.1. The number of carbonyl (C=O) groups excluding carboxylic acids is 1. The first-order valence-corrected chi connectivity index (χ1v) is 11.5. The first-order valence-electron chi connectivity index (χ1n) is 9.69. The van der Waals surface area contributed by atoms with E-state index >= 15 is 0 Å². The van der Waals surface area contributed by atoms with Crippen LogP contribution in [-0.2, 0) is 0 Å². The van der Waals surface area contributed by atoms with E-state index in [1.807, 2.05) is 29.2 Å². The Balaban J connectivity index is 1.34. The number of benzene rings is 2. The molecule has 1 aliphatic heterocycles. The van der Waals surface area contributed by atoms with E-state index in [2.05, 4.69) is 37.0 Å². The predicted octanol–water partition coefficient (Wildman–Crippen LogP) is 5.40. The summed E-state index contributed by atoms with van der Waals surface area (Å²) in [5.74, 6) is 1.15. The van der Waals surface area contributed by atoms with Gasteiger partial charge in [-0.05, 0) is 48.6 Å². The summed E-state index contributed by atoms with van der Waals surface area (Å²) in [5.41, 5.74) is 2.97. The van der Waals surface area contributed by atoms with Crippen LogP contribution in [0.4, 0.5) is 0 Å². The Hall–Kier alpha value is -2.05. The predicted molar refractivity (Wildman–Crippen MR) is 117 cm³/mol. The Morgan fingerprint density at radius 3 is 2.64 bits per heavy atom. The number of amides is 1. The molecule has 0 radical (unpaired) electrons. The molecule has 4 nitrogen and oxygen atoms in total. The highest BCUT2D eigenvalue weighted by Crippen LogP contribution is 2.31. The Bertz CT molecular complexity index is 960. The lowest BCUT2D eigenvalue weighted by Gasteiger charge is -2.31. The van der Waals surface area contributed by atoms with Crippen molar-refractivity contribution in [3.63, 3.8) is 0 Å². The van der Waals surface area contributed by atoms with Crippen LogP contribution in [0.25, 0.3) is 10.2 Å². The van der Waals surface area contributed by atoms with E-state index in [1.54, 1.807) is 23.1 Å². The number of thioether (sulfide) groups is 1. The molecular weight excluding hydrogens is 388 g/mol. The van der Waals surface area contributed by atoms with E-state index in [-0.39, 0.29) is 12.0 Å². The number of ether oxygens (including phenoxy) is 1. The number of piperidine rings is 1. The number of fused-ring (bicyclic) bond motifs is 1. The molecule has 3 aromatic rings. The molecule has 0 bridgehead atoms. The number of hydrogen-bond acceptors (Lipinski definition) is 5. The van der Waals surface area contributed by atoms with Crippen LogP contribution in [0.5, 0.6) is 5.19 Å². The standard InChI is InChI=1S/C22H24N2O2S2/c1-3-27-18-9-7-16(8-10-18)21(25)24-13-11-17(12-14-24)26-22-23-20-15(2)5-4-6-19(20)28-22/h4-10,17H,3,11-14H2,1-2H3. The molecule has 0 spiro atoms. The first kappa shape index (κ1) is 19.3. The molecule has 1 aliphatic rings. The third-order valence-corrected chi connectivity index (χ3v) is 6.82. The van der Waals surface area contributed by atoms with Gasteiger partial charge in [-0.2, -0.15) is 0 Å². The molecule has 0 N–H and O–H groups in total. The highest BCUT2D eigenvalue weighted by molar-refractivity contribution is 7.99. The molecule has 0 saturated carbocycles. The molecule has 6 heteroatoms.